The van der Waals surface area contributed by atoms with E-state index in [1.54, 1.807) is 19.1 Å². The predicted molar refractivity (Wildman–Crippen MR) is 76.3 cm³/mol. The second-order valence-corrected chi connectivity index (χ2v) is 4.93. The molecule has 0 aliphatic rings. The number of carbonyl (C=O) groups is 3. The molecule has 108 valence electrons. The topological polar surface area (TPSA) is 122 Å². The first-order valence-electron chi connectivity index (χ1n) is 5.65. The van der Waals surface area contributed by atoms with Crippen molar-refractivity contribution in [2.45, 2.75) is 19.4 Å². The first-order chi connectivity index (χ1) is 9.31. The molecule has 0 fully saturated rings. The minimum Gasteiger partial charge on any atom is -0.480 e. The number of nitrogens with one attached hydrogen (secondary N) is 2. The van der Waals surface area contributed by atoms with Crippen LogP contribution in [0.4, 0.5) is 10.5 Å². The van der Waals surface area contributed by atoms with Crippen LogP contribution in [0, 0.1) is 6.92 Å². The Labute approximate surface area is 123 Å². The first kappa shape index (κ1) is 16.0. The Balaban J connectivity index is 2.73. The van der Waals surface area contributed by atoms with E-state index in [1.165, 1.54) is 0 Å². The van der Waals surface area contributed by atoms with E-state index >= 15 is 0 Å². The molecule has 1 rings (SSSR count). The van der Waals surface area contributed by atoms with E-state index in [-0.39, 0.29) is 0 Å². The molecule has 0 radical (unpaired) electrons. The summed E-state index contributed by atoms with van der Waals surface area (Å²) in [7, 11) is 0. The molecule has 20 heavy (non-hydrogen) atoms. The van der Waals surface area contributed by atoms with Crippen molar-refractivity contribution in [3.05, 3.63) is 28.2 Å². The van der Waals surface area contributed by atoms with E-state index in [2.05, 4.69) is 26.6 Å². The maximum absolute atomic E-state index is 11.7. The minimum absolute atomic E-state index is 0.472. The van der Waals surface area contributed by atoms with Gasteiger partial charge in [0, 0.05) is 10.2 Å². The second-order valence-electron chi connectivity index (χ2n) is 4.07. The highest BCUT2D eigenvalue weighted by Crippen LogP contribution is 2.23. The molecule has 7 nitrogen and oxygen atoms in total. The van der Waals surface area contributed by atoms with Gasteiger partial charge in [0.2, 0.25) is 5.91 Å². The molecule has 0 bridgehead atoms. The summed E-state index contributed by atoms with van der Waals surface area (Å²) >= 11 is 3.32. The maximum atomic E-state index is 11.7. The molecule has 1 aromatic rings. The lowest BCUT2D eigenvalue weighted by Gasteiger charge is -2.15. The van der Waals surface area contributed by atoms with Gasteiger partial charge in [-0.2, -0.15) is 0 Å². The van der Waals surface area contributed by atoms with Gasteiger partial charge in [0.1, 0.15) is 6.04 Å². The van der Waals surface area contributed by atoms with Crippen molar-refractivity contribution in [2.24, 2.45) is 5.73 Å². The van der Waals surface area contributed by atoms with Gasteiger partial charge in [-0.25, -0.2) is 9.59 Å². The predicted octanol–water partition coefficient (Wildman–Crippen LogP) is 1.21. The average Bonchev–Trinajstić information content (AvgIpc) is 2.33. The van der Waals surface area contributed by atoms with Gasteiger partial charge in [0.25, 0.3) is 0 Å². The highest BCUT2D eigenvalue weighted by Gasteiger charge is 2.22. The van der Waals surface area contributed by atoms with Crippen LogP contribution in [0.3, 0.4) is 0 Å². The van der Waals surface area contributed by atoms with Gasteiger partial charge in [-0.3, -0.25) is 4.79 Å². The molecule has 1 atom stereocenters. The van der Waals surface area contributed by atoms with Crippen LogP contribution in [0.1, 0.15) is 12.0 Å². The van der Waals surface area contributed by atoms with E-state index in [9.17, 15) is 14.4 Å². The minimum atomic E-state index is -1.36. The van der Waals surface area contributed by atoms with Crippen molar-refractivity contribution in [1.82, 2.24) is 5.32 Å². The number of aliphatic carboxylic acids is 1. The number of carboxylic acids is 1. The molecule has 0 aliphatic heterocycles. The third kappa shape index (κ3) is 4.54. The summed E-state index contributed by atoms with van der Waals surface area (Å²) in [5, 5.41) is 13.6. The number of hydrogen-bond acceptors (Lipinski definition) is 3. The number of nitrogens with two attached hydrogens (primary N) is 1. The molecular weight excluding hydrogens is 330 g/mol. The number of benzene rings is 1. The van der Waals surface area contributed by atoms with Crippen molar-refractivity contribution in [3.8, 4) is 0 Å². The number of halogens is 1. The van der Waals surface area contributed by atoms with E-state index < -0.39 is 30.4 Å². The largest absolute Gasteiger partial charge is 0.480 e. The van der Waals surface area contributed by atoms with Gasteiger partial charge in [0.05, 0.1) is 6.42 Å². The number of amides is 3. The van der Waals surface area contributed by atoms with Crippen LogP contribution in [0.25, 0.3) is 0 Å². The number of hydrogen-bond donors (Lipinski definition) is 4. The Bertz CT molecular complexity index is 548. The Morgan fingerprint density at radius 3 is 2.60 bits per heavy atom. The average molecular weight is 344 g/mol. The molecule has 1 unspecified atom stereocenters. The van der Waals surface area contributed by atoms with E-state index in [4.69, 9.17) is 10.8 Å². The second kappa shape index (κ2) is 6.90. The highest BCUT2D eigenvalue weighted by molar-refractivity contribution is 9.10. The summed E-state index contributed by atoms with van der Waals surface area (Å²) < 4.78 is 0.808. The lowest BCUT2D eigenvalue weighted by atomic mass is 10.2. The summed E-state index contributed by atoms with van der Waals surface area (Å²) in [5.74, 6) is -2.14. The number of anilines is 1. The van der Waals surface area contributed by atoms with Gasteiger partial charge in [0.15, 0.2) is 0 Å². The van der Waals surface area contributed by atoms with Gasteiger partial charge in [-0.05, 0) is 24.6 Å². The summed E-state index contributed by atoms with van der Waals surface area (Å²) in [6.07, 6.45) is -0.472. The molecule has 8 heteroatoms. The van der Waals surface area contributed by atoms with Crippen LogP contribution in [-0.4, -0.2) is 29.1 Å². The van der Waals surface area contributed by atoms with Crippen LogP contribution in [0.15, 0.2) is 22.7 Å². The number of urea groups is 1. The Hall–Kier alpha value is -2.09. The fourth-order valence-corrected chi connectivity index (χ4v) is 1.83. The maximum Gasteiger partial charge on any atom is 0.326 e. The van der Waals surface area contributed by atoms with Crippen LogP contribution in [0.5, 0.6) is 0 Å². The monoisotopic (exact) mass is 343 g/mol. The van der Waals surface area contributed by atoms with Crippen molar-refractivity contribution in [3.63, 3.8) is 0 Å². The first-order valence-corrected chi connectivity index (χ1v) is 6.44. The van der Waals surface area contributed by atoms with Crippen molar-refractivity contribution in [2.75, 3.05) is 5.32 Å². The normalized spacial score (nSPS) is 11.5. The molecule has 3 amide bonds. The molecule has 5 N–H and O–H groups in total. The zero-order valence-corrected chi connectivity index (χ0v) is 12.2. The fourth-order valence-electron chi connectivity index (χ4n) is 1.46. The van der Waals surface area contributed by atoms with Crippen molar-refractivity contribution < 1.29 is 19.5 Å². The molecule has 0 heterocycles. The number of primary amides is 1. The summed E-state index contributed by atoms with van der Waals surface area (Å²) in [6.45, 7) is 1.79. The zero-order valence-electron chi connectivity index (χ0n) is 10.6. The Kier molecular flexibility index (Phi) is 5.51. The quantitative estimate of drug-likeness (QED) is 0.641. The number of rotatable bonds is 5. The summed E-state index contributed by atoms with van der Waals surface area (Å²) in [4.78, 5) is 33.3. The Morgan fingerprint density at radius 1 is 1.40 bits per heavy atom. The molecule has 0 saturated heterocycles. The summed E-state index contributed by atoms with van der Waals surface area (Å²) in [6, 6.07) is 3.12. The van der Waals surface area contributed by atoms with Crippen molar-refractivity contribution >= 4 is 39.5 Å². The van der Waals surface area contributed by atoms with Gasteiger partial charge in [-0.15, -0.1) is 0 Å². The highest BCUT2D eigenvalue weighted by atomic mass is 79.9. The van der Waals surface area contributed by atoms with Gasteiger partial charge < -0.3 is 21.5 Å². The van der Waals surface area contributed by atoms with Crippen LogP contribution < -0.4 is 16.4 Å². The molecule has 0 spiro atoms. The van der Waals surface area contributed by atoms with Gasteiger partial charge >= 0.3 is 12.0 Å². The zero-order chi connectivity index (χ0) is 15.3. The fraction of sp³-hybridized carbons (Fsp3) is 0.250. The van der Waals surface area contributed by atoms with Crippen molar-refractivity contribution in [1.29, 1.82) is 0 Å². The number of carboxylic acid groups (broad SMARTS) is 1. The molecular formula is C12H14BrN3O4. The van der Waals surface area contributed by atoms with Crippen LogP contribution in [-0.2, 0) is 9.59 Å². The molecule has 0 aromatic heterocycles. The Morgan fingerprint density at radius 2 is 2.05 bits per heavy atom. The summed E-state index contributed by atoms with van der Waals surface area (Å²) in [5.41, 5.74) is 6.25. The third-order valence-electron chi connectivity index (χ3n) is 2.52. The van der Waals surface area contributed by atoms with E-state index in [0.717, 1.165) is 10.0 Å². The molecule has 1 aromatic carbocycles. The van der Waals surface area contributed by atoms with E-state index in [1.807, 2.05) is 6.07 Å². The van der Waals surface area contributed by atoms with Gasteiger partial charge in [-0.1, -0.05) is 22.0 Å². The third-order valence-corrected chi connectivity index (χ3v) is 3.38. The lowest BCUT2D eigenvalue weighted by Crippen LogP contribution is -2.45. The molecule has 0 aliphatic carbocycles. The van der Waals surface area contributed by atoms with E-state index in [0.29, 0.717) is 5.69 Å². The molecule has 0 saturated carbocycles. The lowest BCUT2D eigenvalue weighted by molar-refractivity contribution is -0.140. The SMILES string of the molecule is Cc1c(Br)cccc1NC(=O)NC(CC(N)=O)C(=O)O. The smallest absolute Gasteiger partial charge is 0.326 e. The van der Waals surface area contributed by atoms with Crippen LogP contribution >= 0.6 is 15.9 Å². The number of carbonyl (C=O) groups excluding carboxylic acids is 2. The van der Waals surface area contributed by atoms with Crippen LogP contribution in [0.2, 0.25) is 0 Å². The standard InChI is InChI=1S/C12H14BrN3O4/c1-6-7(13)3-2-4-8(6)15-12(20)16-9(11(18)19)5-10(14)17/h2-4,9H,5H2,1H3,(H2,14,17)(H,18,19)(H2,15,16,20).